The topological polar surface area (TPSA) is 40.5 Å². The molecule has 0 saturated carbocycles. The van der Waals surface area contributed by atoms with Gasteiger partial charge in [0.25, 0.3) is 5.91 Å². The predicted molar refractivity (Wildman–Crippen MR) is 69.3 cm³/mol. The fourth-order valence-electron chi connectivity index (χ4n) is 1.57. The molecule has 3 nitrogen and oxygen atoms in total. The number of carbonyl (C=O) groups is 1. The molecule has 1 N–H and O–H groups in total. The first-order chi connectivity index (χ1) is 7.83. The summed E-state index contributed by atoms with van der Waals surface area (Å²) in [6.07, 6.45) is 0. The number of nitrogens with zero attached hydrogens (tertiary/aromatic N) is 1. The minimum atomic E-state index is -0.891. The van der Waals surface area contributed by atoms with Crippen molar-refractivity contribution in [3.05, 3.63) is 34.9 Å². The summed E-state index contributed by atoms with van der Waals surface area (Å²) < 4.78 is 0. The van der Waals surface area contributed by atoms with Crippen molar-refractivity contribution in [3.63, 3.8) is 0 Å². The molecule has 1 aromatic rings. The Hall–Kier alpha value is -1.06. The molecule has 1 amide bonds. The van der Waals surface area contributed by atoms with Crippen LogP contribution in [0.15, 0.2) is 24.3 Å². The van der Waals surface area contributed by atoms with Crippen molar-refractivity contribution in [3.8, 4) is 0 Å². The second-order valence-electron chi connectivity index (χ2n) is 4.64. The molecule has 0 unspecified atom stereocenters. The number of benzene rings is 1. The summed E-state index contributed by atoms with van der Waals surface area (Å²) in [5.41, 5.74) is -0.307. The first-order valence-corrected chi connectivity index (χ1v) is 5.98. The molecule has 17 heavy (non-hydrogen) atoms. The number of aliphatic hydroxyl groups is 1. The lowest BCUT2D eigenvalue weighted by Crippen LogP contribution is -2.42. The summed E-state index contributed by atoms with van der Waals surface area (Å²) in [5, 5.41) is 10.3. The average Bonchev–Trinajstić information content (AvgIpc) is 2.25. The Bertz CT molecular complexity index is 381. The normalized spacial score (nSPS) is 11.4. The van der Waals surface area contributed by atoms with Gasteiger partial charge in [-0.3, -0.25) is 4.79 Å². The van der Waals surface area contributed by atoms with E-state index in [-0.39, 0.29) is 5.91 Å². The standard InChI is InChI=1S/C13H18ClNO2/c1-4-15(9-13(2,3)17)12(16)10-5-7-11(14)8-6-10/h5-8,17H,4,9H2,1-3H3. The minimum Gasteiger partial charge on any atom is -0.389 e. The summed E-state index contributed by atoms with van der Waals surface area (Å²) in [6, 6.07) is 6.76. The molecule has 0 fully saturated rings. The van der Waals surface area contributed by atoms with Crippen molar-refractivity contribution in [1.29, 1.82) is 0 Å². The average molecular weight is 256 g/mol. The number of amides is 1. The van der Waals surface area contributed by atoms with Crippen molar-refractivity contribution in [1.82, 2.24) is 4.90 Å². The zero-order valence-corrected chi connectivity index (χ0v) is 11.2. The second kappa shape index (κ2) is 5.52. The Morgan fingerprint density at radius 3 is 2.29 bits per heavy atom. The van der Waals surface area contributed by atoms with Gasteiger partial charge in [-0.05, 0) is 45.0 Å². The number of halogens is 1. The van der Waals surface area contributed by atoms with E-state index < -0.39 is 5.60 Å². The van der Waals surface area contributed by atoms with E-state index in [0.717, 1.165) is 0 Å². The van der Waals surface area contributed by atoms with Crippen LogP contribution in [0.5, 0.6) is 0 Å². The van der Waals surface area contributed by atoms with Crippen LogP contribution in [0.3, 0.4) is 0 Å². The molecule has 0 heterocycles. The maximum absolute atomic E-state index is 12.1. The van der Waals surface area contributed by atoms with Gasteiger partial charge >= 0.3 is 0 Å². The van der Waals surface area contributed by atoms with Crippen LogP contribution in [0, 0.1) is 0 Å². The van der Waals surface area contributed by atoms with Crippen LogP contribution in [0.2, 0.25) is 5.02 Å². The fraction of sp³-hybridized carbons (Fsp3) is 0.462. The zero-order valence-electron chi connectivity index (χ0n) is 10.4. The lowest BCUT2D eigenvalue weighted by atomic mass is 10.1. The Morgan fingerprint density at radius 1 is 1.35 bits per heavy atom. The number of hydrogen-bond donors (Lipinski definition) is 1. The number of hydrogen-bond acceptors (Lipinski definition) is 2. The molecule has 0 radical (unpaired) electrons. The molecule has 4 heteroatoms. The van der Waals surface area contributed by atoms with Crippen LogP contribution >= 0.6 is 11.6 Å². The molecule has 0 aliphatic rings. The van der Waals surface area contributed by atoms with E-state index >= 15 is 0 Å². The lowest BCUT2D eigenvalue weighted by molar-refractivity contribution is 0.0314. The van der Waals surface area contributed by atoms with Gasteiger partial charge in [0.05, 0.1) is 5.60 Å². The highest BCUT2D eigenvalue weighted by Gasteiger charge is 2.21. The lowest BCUT2D eigenvalue weighted by Gasteiger charge is -2.28. The van der Waals surface area contributed by atoms with Gasteiger partial charge in [-0.1, -0.05) is 11.6 Å². The first-order valence-electron chi connectivity index (χ1n) is 5.60. The number of rotatable bonds is 4. The van der Waals surface area contributed by atoms with E-state index in [1.165, 1.54) is 0 Å². The number of carbonyl (C=O) groups excluding carboxylic acids is 1. The molecule has 0 bridgehead atoms. The third-order valence-electron chi connectivity index (χ3n) is 2.34. The van der Waals surface area contributed by atoms with E-state index in [1.807, 2.05) is 6.92 Å². The molecule has 1 aromatic carbocycles. The first kappa shape index (κ1) is 14.0. The Labute approximate surface area is 107 Å². The van der Waals surface area contributed by atoms with Gasteiger partial charge in [-0.2, -0.15) is 0 Å². The fourth-order valence-corrected chi connectivity index (χ4v) is 1.70. The molecule has 1 rings (SSSR count). The van der Waals surface area contributed by atoms with Crippen molar-refractivity contribution < 1.29 is 9.90 Å². The quantitative estimate of drug-likeness (QED) is 0.898. The summed E-state index contributed by atoms with van der Waals surface area (Å²) in [6.45, 7) is 6.13. The van der Waals surface area contributed by atoms with Crippen LogP contribution in [-0.4, -0.2) is 34.6 Å². The van der Waals surface area contributed by atoms with E-state index in [1.54, 1.807) is 43.0 Å². The Morgan fingerprint density at radius 2 is 1.88 bits per heavy atom. The molecule has 0 atom stereocenters. The summed E-state index contributed by atoms with van der Waals surface area (Å²) in [5.74, 6) is -0.0914. The van der Waals surface area contributed by atoms with E-state index in [0.29, 0.717) is 23.7 Å². The van der Waals surface area contributed by atoms with E-state index in [2.05, 4.69) is 0 Å². The van der Waals surface area contributed by atoms with Crippen LogP contribution in [-0.2, 0) is 0 Å². The van der Waals surface area contributed by atoms with Gasteiger partial charge in [-0.15, -0.1) is 0 Å². The maximum atomic E-state index is 12.1. The monoisotopic (exact) mass is 255 g/mol. The van der Waals surface area contributed by atoms with Crippen molar-refractivity contribution in [2.75, 3.05) is 13.1 Å². The van der Waals surface area contributed by atoms with Gasteiger partial charge in [0.1, 0.15) is 0 Å². The SMILES string of the molecule is CCN(CC(C)(C)O)C(=O)c1ccc(Cl)cc1. The van der Waals surface area contributed by atoms with E-state index in [9.17, 15) is 9.90 Å². The van der Waals surface area contributed by atoms with E-state index in [4.69, 9.17) is 11.6 Å². The second-order valence-corrected chi connectivity index (χ2v) is 5.08. The third kappa shape index (κ3) is 4.36. The van der Waals surface area contributed by atoms with Gasteiger partial charge in [-0.25, -0.2) is 0 Å². The smallest absolute Gasteiger partial charge is 0.253 e. The molecule has 0 aliphatic carbocycles. The highest BCUT2D eigenvalue weighted by Crippen LogP contribution is 2.13. The Kier molecular flexibility index (Phi) is 4.54. The van der Waals surface area contributed by atoms with Crippen molar-refractivity contribution >= 4 is 17.5 Å². The van der Waals surface area contributed by atoms with Gasteiger partial charge in [0, 0.05) is 23.7 Å². The summed E-state index contributed by atoms with van der Waals surface area (Å²) in [7, 11) is 0. The predicted octanol–water partition coefficient (Wildman–Crippen LogP) is 2.57. The molecular weight excluding hydrogens is 238 g/mol. The van der Waals surface area contributed by atoms with Crippen LogP contribution in [0.1, 0.15) is 31.1 Å². The molecule has 0 spiro atoms. The molecular formula is C13H18ClNO2. The zero-order chi connectivity index (χ0) is 13.1. The van der Waals surface area contributed by atoms with Crippen molar-refractivity contribution in [2.24, 2.45) is 0 Å². The highest BCUT2D eigenvalue weighted by molar-refractivity contribution is 6.30. The molecule has 0 aliphatic heterocycles. The largest absolute Gasteiger partial charge is 0.389 e. The summed E-state index contributed by atoms with van der Waals surface area (Å²) in [4.78, 5) is 13.8. The van der Waals surface area contributed by atoms with Gasteiger partial charge in [0.15, 0.2) is 0 Å². The molecule has 0 saturated heterocycles. The molecule has 0 aromatic heterocycles. The third-order valence-corrected chi connectivity index (χ3v) is 2.59. The minimum absolute atomic E-state index is 0.0914. The Balaban J connectivity index is 2.83. The molecule has 94 valence electrons. The highest BCUT2D eigenvalue weighted by atomic mass is 35.5. The number of likely N-dealkylation sites (N-methyl/N-ethyl adjacent to an activating group) is 1. The van der Waals surface area contributed by atoms with Crippen LogP contribution < -0.4 is 0 Å². The van der Waals surface area contributed by atoms with Crippen LogP contribution in [0.4, 0.5) is 0 Å². The maximum Gasteiger partial charge on any atom is 0.253 e. The van der Waals surface area contributed by atoms with Crippen LogP contribution in [0.25, 0.3) is 0 Å². The van der Waals surface area contributed by atoms with Gasteiger partial charge in [0.2, 0.25) is 0 Å². The van der Waals surface area contributed by atoms with Gasteiger partial charge < -0.3 is 10.0 Å². The summed E-state index contributed by atoms with van der Waals surface area (Å²) >= 11 is 5.77. The van der Waals surface area contributed by atoms with Crippen molar-refractivity contribution in [2.45, 2.75) is 26.4 Å².